The fourth-order valence-corrected chi connectivity index (χ4v) is 3.89. The summed E-state index contributed by atoms with van der Waals surface area (Å²) in [5, 5.41) is 3.49. The van der Waals surface area contributed by atoms with Crippen LogP contribution in [0.4, 0.5) is 0 Å². The van der Waals surface area contributed by atoms with Crippen LogP contribution < -0.4 is 5.32 Å². The van der Waals surface area contributed by atoms with Gasteiger partial charge in [-0.25, -0.2) is 8.42 Å². The van der Waals surface area contributed by atoms with Crippen molar-refractivity contribution in [3.63, 3.8) is 0 Å². The first kappa shape index (κ1) is 15.0. The Hall–Kier alpha value is -0.0900. The lowest BCUT2D eigenvalue weighted by Crippen LogP contribution is -2.32. The van der Waals surface area contributed by atoms with E-state index in [0.29, 0.717) is 17.5 Å². The summed E-state index contributed by atoms with van der Waals surface area (Å²) in [4.78, 5) is 0. The molecule has 1 saturated carbocycles. The van der Waals surface area contributed by atoms with E-state index in [-0.39, 0.29) is 0 Å². The third-order valence-electron chi connectivity index (χ3n) is 3.48. The van der Waals surface area contributed by atoms with Gasteiger partial charge in [0.15, 0.2) is 0 Å². The van der Waals surface area contributed by atoms with E-state index in [1.54, 1.807) is 0 Å². The number of unbranched alkanes of at least 4 members (excludes halogenated alkanes) is 1. The van der Waals surface area contributed by atoms with Gasteiger partial charge in [0.2, 0.25) is 0 Å². The molecule has 0 amide bonds. The maximum absolute atomic E-state index is 11.6. The molecule has 0 unspecified atom stereocenters. The summed E-state index contributed by atoms with van der Waals surface area (Å²) in [6.45, 7) is 2.89. The Bertz CT molecular complexity index is 282. The highest BCUT2D eigenvalue weighted by Gasteiger charge is 2.13. The van der Waals surface area contributed by atoms with Gasteiger partial charge in [-0.3, -0.25) is 0 Å². The molecule has 0 bridgehead atoms. The SMILES string of the molecule is CCCCS(=O)(=O)CCCNC1CCCCC1. The predicted octanol–water partition coefficient (Wildman–Crippen LogP) is 2.51. The Labute approximate surface area is 106 Å². The zero-order valence-electron chi connectivity index (χ0n) is 11.1. The molecule has 0 saturated heterocycles. The van der Waals surface area contributed by atoms with Crippen molar-refractivity contribution in [2.45, 2.75) is 64.3 Å². The van der Waals surface area contributed by atoms with E-state index in [1.165, 1.54) is 32.1 Å². The Morgan fingerprint density at radius 1 is 1.06 bits per heavy atom. The smallest absolute Gasteiger partial charge is 0.150 e. The summed E-state index contributed by atoms with van der Waals surface area (Å²) in [7, 11) is -2.79. The quantitative estimate of drug-likeness (QED) is 0.683. The summed E-state index contributed by atoms with van der Waals surface area (Å²) in [5.74, 6) is 0.722. The van der Waals surface area contributed by atoms with Crippen molar-refractivity contribution in [2.75, 3.05) is 18.1 Å². The monoisotopic (exact) mass is 261 g/mol. The Balaban J connectivity index is 2.06. The second-order valence-corrected chi connectivity index (χ2v) is 7.45. The van der Waals surface area contributed by atoms with Gasteiger partial charge in [0.25, 0.3) is 0 Å². The molecule has 0 spiro atoms. The topological polar surface area (TPSA) is 46.2 Å². The molecule has 17 heavy (non-hydrogen) atoms. The van der Waals surface area contributed by atoms with E-state index in [1.807, 2.05) is 6.92 Å². The minimum Gasteiger partial charge on any atom is -0.314 e. The number of hydrogen-bond acceptors (Lipinski definition) is 3. The summed E-state index contributed by atoms with van der Waals surface area (Å²) < 4.78 is 23.2. The van der Waals surface area contributed by atoms with Gasteiger partial charge in [0.1, 0.15) is 9.84 Å². The molecule has 1 aliphatic carbocycles. The van der Waals surface area contributed by atoms with Gasteiger partial charge in [-0.1, -0.05) is 32.6 Å². The first-order chi connectivity index (χ1) is 8.14. The largest absolute Gasteiger partial charge is 0.314 e. The summed E-state index contributed by atoms with van der Waals surface area (Å²) in [6.07, 6.45) is 9.08. The molecule has 0 aromatic heterocycles. The molecule has 4 heteroatoms. The molecule has 1 aliphatic rings. The lowest BCUT2D eigenvalue weighted by Gasteiger charge is -2.22. The maximum Gasteiger partial charge on any atom is 0.150 e. The third-order valence-corrected chi connectivity index (χ3v) is 5.30. The first-order valence-corrected chi connectivity index (χ1v) is 8.90. The van der Waals surface area contributed by atoms with Crippen molar-refractivity contribution in [3.8, 4) is 0 Å². The number of hydrogen-bond donors (Lipinski definition) is 1. The van der Waals surface area contributed by atoms with Crippen molar-refractivity contribution in [1.82, 2.24) is 5.32 Å². The van der Waals surface area contributed by atoms with E-state index in [4.69, 9.17) is 0 Å². The maximum atomic E-state index is 11.6. The van der Waals surface area contributed by atoms with E-state index in [0.717, 1.165) is 25.8 Å². The van der Waals surface area contributed by atoms with Gasteiger partial charge < -0.3 is 5.32 Å². The van der Waals surface area contributed by atoms with Crippen molar-refractivity contribution >= 4 is 9.84 Å². The fourth-order valence-electron chi connectivity index (χ4n) is 2.37. The van der Waals surface area contributed by atoms with Crippen molar-refractivity contribution in [2.24, 2.45) is 0 Å². The second-order valence-electron chi connectivity index (χ2n) is 5.15. The standard InChI is InChI=1S/C13H27NO2S/c1-2-3-11-17(15,16)12-7-10-14-13-8-5-4-6-9-13/h13-14H,2-12H2,1H3. The number of sulfone groups is 1. The van der Waals surface area contributed by atoms with E-state index in [9.17, 15) is 8.42 Å². The zero-order valence-corrected chi connectivity index (χ0v) is 11.9. The average molecular weight is 261 g/mol. The third kappa shape index (κ3) is 7.04. The molecule has 1 rings (SSSR count). The molecule has 0 aromatic rings. The Kier molecular flexibility index (Phi) is 7.12. The molecule has 1 N–H and O–H groups in total. The Morgan fingerprint density at radius 3 is 2.35 bits per heavy atom. The van der Waals surface area contributed by atoms with Gasteiger partial charge >= 0.3 is 0 Å². The molecular weight excluding hydrogens is 234 g/mol. The first-order valence-electron chi connectivity index (χ1n) is 7.08. The van der Waals surface area contributed by atoms with Crippen LogP contribution in [-0.4, -0.2) is 32.5 Å². The second kappa shape index (κ2) is 8.09. The molecule has 0 aromatic carbocycles. The molecule has 0 heterocycles. The minimum absolute atomic E-state index is 0.354. The van der Waals surface area contributed by atoms with E-state index < -0.39 is 9.84 Å². The van der Waals surface area contributed by atoms with Crippen LogP contribution >= 0.6 is 0 Å². The summed E-state index contributed by atoms with van der Waals surface area (Å²) in [6, 6.07) is 0.641. The highest BCUT2D eigenvalue weighted by Crippen LogP contribution is 2.17. The van der Waals surface area contributed by atoms with Gasteiger partial charge in [0.05, 0.1) is 11.5 Å². The van der Waals surface area contributed by atoms with Crippen LogP contribution in [0.5, 0.6) is 0 Å². The van der Waals surface area contributed by atoms with E-state index in [2.05, 4.69) is 5.32 Å². The number of rotatable bonds is 8. The van der Waals surface area contributed by atoms with Crippen LogP contribution in [0.15, 0.2) is 0 Å². The van der Waals surface area contributed by atoms with Crippen molar-refractivity contribution in [3.05, 3.63) is 0 Å². The van der Waals surface area contributed by atoms with Gasteiger partial charge in [-0.2, -0.15) is 0 Å². The molecule has 3 nitrogen and oxygen atoms in total. The van der Waals surface area contributed by atoms with Crippen LogP contribution in [0.25, 0.3) is 0 Å². The fraction of sp³-hybridized carbons (Fsp3) is 1.00. The molecule has 0 radical (unpaired) electrons. The summed E-state index contributed by atoms with van der Waals surface area (Å²) in [5.41, 5.74) is 0. The van der Waals surface area contributed by atoms with E-state index >= 15 is 0 Å². The zero-order chi connectivity index (χ0) is 12.6. The van der Waals surface area contributed by atoms with Crippen LogP contribution in [0.2, 0.25) is 0 Å². The van der Waals surface area contributed by atoms with Crippen molar-refractivity contribution < 1.29 is 8.42 Å². The van der Waals surface area contributed by atoms with Crippen LogP contribution in [-0.2, 0) is 9.84 Å². The lowest BCUT2D eigenvalue weighted by atomic mass is 9.95. The highest BCUT2D eigenvalue weighted by atomic mass is 32.2. The molecule has 0 atom stereocenters. The van der Waals surface area contributed by atoms with Crippen LogP contribution in [0.1, 0.15) is 58.3 Å². The average Bonchev–Trinajstić information content (AvgIpc) is 2.34. The van der Waals surface area contributed by atoms with Crippen LogP contribution in [0.3, 0.4) is 0 Å². The predicted molar refractivity (Wildman–Crippen MR) is 73.1 cm³/mol. The van der Waals surface area contributed by atoms with Gasteiger partial charge in [-0.05, 0) is 32.2 Å². The van der Waals surface area contributed by atoms with Crippen LogP contribution in [0, 0.1) is 0 Å². The number of nitrogens with one attached hydrogen (secondary N) is 1. The molecule has 0 aliphatic heterocycles. The van der Waals surface area contributed by atoms with Gasteiger partial charge in [-0.15, -0.1) is 0 Å². The van der Waals surface area contributed by atoms with Gasteiger partial charge in [0, 0.05) is 6.04 Å². The highest BCUT2D eigenvalue weighted by molar-refractivity contribution is 7.91. The molecular formula is C13H27NO2S. The normalized spacial score (nSPS) is 18.4. The van der Waals surface area contributed by atoms with Crippen molar-refractivity contribution in [1.29, 1.82) is 0 Å². The lowest BCUT2D eigenvalue weighted by molar-refractivity contribution is 0.374. The molecule has 102 valence electrons. The summed E-state index contributed by atoms with van der Waals surface area (Å²) >= 11 is 0. The molecule has 1 fully saturated rings. The Morgan fingerprint density at radius 2 is 1.71 bits per heavy atom. The minimum atomic E-state index is -2.79.